The van der Waals surface area contributed by atoms with Crippen molar-refractivity contribution < 1.29 is 27.9 Å². The molecular weight excluding hydrogens is 403 g/mol. The zero-order valence-corrected chi connectivity index (χ0v) is 16.8. The predicted octanol–water partition coefficient (Wildman–Crippen LogP) is 4.01. The maximum absolute atomic E-state index is 13.1. The lowest BCUT2D eigenvalue weighted by Crippen LogP contribution is -2.59. The molecule has 3 aromatic rings. The van der Waals surface area contributed by atoms with Crippen LogP contribution in [0.15, 0.2) is 65.1 Å². The average molecular weight is 422 g/mol. The van der Waals surface area contributed by atoms with Crippen LogP contribution in [-0.4, -0.2) is 29.9 Å². The third-order valence-electron chi connectivity index (χ3n) is 5.02. The highest BCUT2D eigenvalue weighted by Crippen LogP contribution is 2.36. The Morgan fingerprint density at radius 2 is 1.77 bits per heavy atom. The van der Waals surface area contributed by atoms with E-state index in [1.165, 1.54) is 35.2 Å². The van der Waals surface area contributed by atoms with Crippen LogP contribution in [0.25, 0.3) is 11.3 Å². The molecule has 0 saturated heterocycles. The first-order valence-corrected chi connectivity index (χ1v) is 9.54. The summed E-state index contributed by atoms with van der Waals surface area (Å²) in [5.41, 5.74) is 0.443. The van der Waals surface area contributed by atoms with Crippen LogP contribution < -0.4 is 10.2 Å². The topological polar surface area (TPSA) is 88.9 Å². The van der Waals surface area contributed by atoms with E-state index >= 15 is 0 Å². The summed E-state index contributed by atoms with van der Waals surface area (Å²) in [5.74, 6) is -1.84. The number of fused-ring (bicyclic) bond motifs is 1. The van der Waals surface area contributed by atoms with Crippen molar-refractivity contribution >= 4 is 29.2 Å². The number of esters is 1. The number of nitrogens with one attached hydrogen (secondary N) is 1. The second-order valence-electron chi connectivity index (χ2n) is 7.51. The Kier molecular flexibility index (Phi) is 5.06. The molecule has 1 aromatic heterocycles. The van der Waals surface area contributed by atoms with Gasteiger partial charge in [0.05, 0.1) is 11.4 Å². The molecule has 8 heteroatoms. The van der Waals surface area contributed by atoms with Gasteiger partial charge >= 0.3 is 5.97 Å². The normalized spacial score (nSPS) is 14.5. The number of para-hydroxylation sites is 2. The van der Waals surface area contributed by atoms with Gasteiger partial charge in [0.2, 0.25) is 11.7 Å². The smallest absolute Gasteiger partial charge is 0.374 e. The number of anilines is 2. The number of hydrogen-bond donors (Lipinski definition) is 1. The van der Waals surface area contributed by atoms with E-state index in [1.54, 1.807) is 44.2 Å². The number of halogens is 1. The lowest BCUT2D eigenvalue weighted by atomic mass is 9.96. The number of nitrogens with zero attached hydrogens (tertiary/aromatic N) is 1. The van der Waals surface area contributed by atoms with Crippen LogP contribution in [0.2, 0.25) is 0 Å². The molecule has 2 amide bonds. The number of benzene rings is 2. The quantitative estimate of drug-likeness (QED) is 0.642. The molecule has 7 nitrogen and oxygen atoms in total. The molecule has 0 atom stereocenters. The minimum atomic E-state index is -1.17. The van der Waals surface area contributed by atoms with Crippen LogP contribution in [0, 0.1) is 5.82 Å². The number of hydrogen-bond acceptors (Lipinski definition) is 5. The van der Waals surface area contributed by atoms with Crippen LogP contribution in [-0.2, 0) is 14.3 Å². The van der Waals surface area contributed by atoms with Gasteiger partial charge in [-0.2, -0.15) is 0 Å². The van der Waals surface area contributed by atoms with Crippen LogP contribution in [0.4, 0.5) is 15.8 Å². The number of ether oxygens (including phenoxy) is 1. The van der Waals surface area contributed by atoms with Gasteiger partial charge in [-0.05, 0) is 62.4 Å². The van der Waals surface area contributed by atoms with Gasteiger partial charge in [0.15, 0.2) is 6.61 Å². The molecule has 0 unspecified atom stereocenters. The van der Waals surface area contributed by atoms with Crippen molar-refractivity contribution in [3.05, 3.63) is 72.2 Å². The number of carbonyl (C=O) groups excluding carboxylic acids is 3. The molecule has 0 saturated carbocycles. The Labute approximate surface area is 177 Å². The highest BCUT2D eigenvalue weighted by atomic mass is 19.1. The zero-order valence-electron chi connectivity index (χ0n) is 16.8. The monoisotopic (exact) mass is 422 g/mol. The Morgan fingerprint density at radius 1 is 1.06 bits per heavy atom. The van der Waals surface area contributed by atoms with E-state index in [9.17, 15) is 18.8 Å². The Hall–Kier alpha value is -3.94. The third kappa shape index (κ3) is 3.79. The summed E-state index contributed by atoms with van der Waals surface area (Å²) in [4.78, 5) is 39.1. The van der Waals surface area contributed by atoms with E-state index in [1.807, 2.05) is 0 Å². The second-order valence-corrected chi connectivity index (χ2v) is 7.51. The molecule has 2 aromatic carbocycles. The maximum Gasteiger partial charge on any atom is 0.374 e. The predicted molar refractivity (Wildman–Crippen MR) is 111 cm³/mol. The summed E-state index contributed by atoms with van der Waals surface area (Å²) >= 11 is 0. The van der Waals surface area contributed by atoms with E-state index in [4.69, 9.17) is 9.15 Å². The molecule has 0 aliphatic carbocycles. The van der Waals surface area contributed by atoms with Crippen molar-refractivity contribution in [2.24, 2.45) is 0 Å². The largest absolute Gasteiger partial charge is 0.450 e. The minimum absolute atomic E-state index is 0.0943. The van der Waals surface area contributed by atoms with Crippen LogP contribution in [0.5, 0.6) is 0 Å². The van der Waals surface area contributed by atoms with Crippen molar-refractivity contribution in [3.63, 3.8) is 0 Å². The standard InChI is InChI=1S/C23H19FN2O5/c1-23(2)22(29)25-16-5-3-4-6-17(16)26(23)20(27)13-30-21(28)19-12-11-18(31-19)14-7-9-15(24)10-8-14/h3-12H,13H2,1-2H3,(H,25,29). The first-order chi connectivity index (χ1) is 14.8. The highest BCUT2D eigenvalue weighted by Gasteiger charge is 2.43. The van der Waals surface area contributed by atoms with Gasteiger partial charge < -0.3 is 14.5 Å². The summed E-state index contributed by atoms with van der Waals surface area (Å²) in [5, 5.41) is 2.77. The highest BCUT2D eigenvalue weighted by molar-refractivity contribution is 6.14. The Balaban J connectivity index is 1.48. The number of carbonyl (C=O) groups is 3. The molecular formula is C23H19FN2O5. The maximum atomic E-state index is 13.1. The summed E-state index contributed by atoms with van der Waals surface area (Å²) in [6.07, 6.45) is 0. The molecule has 2 heterocycles. The summed E-state index contributed by atoms with van der Waals surface area (Å²) in [7, 11) is 0. The first kappa shape index (κ1) is 20.3. The van der Waals surface area contributed by atoms with Gasteiger partial charge in [-0.15, -0.1) is 0 Å². The van der Waals surface area contributed by atoms with Gasteiger partial charge in [0, 0.05) is 5.56 Å². The van der Waals surface area contributed by atoms with E-state index in [-0.39, 0.29) is 17.5 Å². The van der Waals surface area contributed by atoms with Crippen molar-refractivity contribution in [1.82, 2.24) is 0 Å². The van der Waals surface area contributed by atoms with Crippen LogP contribution >= 0.6 is 0 Å². The molecule has 1 aliphatic heterocycles. The van der Waals surface area contributed by atoms with Crippen LogP contribution in [0.1, 0.15) is 24.4 Å². The molecule has 0 bridgehead atoms. The molecule has 1 aliphatic rings. The molecule has 31 heavy (non-hydrogen) atoms. The summed E-state index contributed by atoms with van der Waals surface area (Å²) in [6.45, 7) is 2.65. The molecule has 0 radical (unpaired) electrons. The average Bonchev–Trinajstić information content (AvgIpc) is 3.23. The zero-order chi connectivity index (χ0) is 22.2. The van der Waals surface area contributed by atoms with E-state index in [2.05, 4.69) is 5.32 Å². The fourth-order valence-corrected chi connectivity index (χ4v) is 3.38. The first-order valence-electron chi connectivity index (χ1n) is 9.54. The Morgan fingerprint density at radius 3 is 2.52 bits per heavy atom. The van der Waals surface area contributed by atoms with Gasteiger partial charge in [0.25, 0.3) is 5.91 Å². The van der Waals surface area contributed by atoms with E-state index < -0.39 is 24.0 Å². The van der Waals surface area contributed by atoms with Gasteiger partial charge in [-0.3, -0.25) is 14.5 Å². The fraction of sp³-hybridized carbons (Fsp3) is 0.174. The molecule has 0 spiro atoms. The molecule has 4 rings (SSSR count). The molecule has 0 fully saturated rings. The molecule has 158 valence electrons. The second kappa shape index (κ2) is 7.71. The SMILES string of the molecule is CC1(C)C(=O)Nc2ccccc2N1C(=O)COC(=O)c1ccc(-c2ccc(F)cc2)o1. The van der Waals surface area contributed by atoms with E-state index in [0.29, 0.717) is 22.7 Å². The van der Waals surface area contributed by atoms with Gasteiger partial charge in [0.1, 0.15) is 17.1 Å². The third-order valence-corrected chi connectivity index (χ3v) is 5.02. The van der Waals surface area contributed by atoms with Gasteiger partial charge in [-0.1, -0.05) is 12.1 Å². The van der Waals surface area contributed by atoms with Crippen LogP contribution in [0.3, 0.4) is 0 Å². The molecule has 1 N–H and O–H groups in total. The van der Waals surface area contributed by atoms with Crippen molar-refractivity contribution in [1.29, 1.82) is 0 Å². The minimum Gasteiger partial charge on any atom is -0.450 e. The van der Waals surface area contributed by atoms with E-state index in [0.717, 1.165) is 0 Å². The van der Waals surface area contributed by atoms with Crippen molar-refractivity contribution in [3.8, 4) is 11.3 Å². The number of furan rings is 1. The van der Waals surface area contributed by atoms with Gasteiger partial charge in [-0.25, -0.2) is 9.18 Å². The van der Waals surface area contributed by atoms with Crippen molar-refractivity contribution in [2.45, 2.75) is 19.4 Å². The summed E-state index contributed by atoms with van der Waals surface area (Å²) < 4.78 is 23.7. The number of rotatable bonds is 4. The fourth-order valence-electron chi connectivity index (χ4n) is 3.38. The number of amides is 2. The summed E-state index contributed by atoms with van der Waals surface area (Å²) in [6, 6.07) is 15.5. The Bertz CT molecular complexity index is 1170. The lowest BCUT2D eigenvalue weighted by molar-refractivity contribution is -0.128. The lowest BCUT2D eigenvalue weighted by Gasteiger charge is -2.41. The van der Waals surface area contributed by atoms with Crippen molar-refractivity contribution in [2.75, 3.05) is 16.8 Å².